The Balaban J connectivity index is 1.53. The Kier molecular flexibility index (Phi) is 4.02. The van der Waals surface area contributed by atoms with E-state index in [1.54, 1.807) is 0 Å². The molecule has 0 spiro atoms. The summed E-state index contributed by atoms with van der Waals surface area (Å²) in [5.41, 5.74) is 0. The quantitative estimate of drug-likeness (QED) is 0.848. The Bertz CT molecular complexity index is 353. The van der Waals surface area contributed by atoms with Gasteiger partial charge in [-0.25, -0.2) is 0 Å². The highest BCUT2D eigenvalue weighted by Crippen LogP contribution is 2.42. The Morgan fingerprint density at radius 3 is 2.78 bits per heavy atom. The first-order valence-corrected chi connectivity index (χ1v) is 8.23. The third kappa shape index (κ3) is 2.95. The zero-order valence-corrected chi connectivity index (χ0v) is 12.1. The lowest BCUT2D eigenvalue weighted by Crippen LogP contribution is -2.40. The van der Waals surface area contributed by atoms with Crippen LogP contribution in [-0.4, -0.2) is 30.6 Å². The molecule has 1 saturated carbocycles. The van der Waals surface area contributed by atoms with Gasteiger partial charge in [0.15, 0.2) is 0 Å². The second kappa shape index (κ2) is 5.72. The Hall–Kier alpha value is -0.380. The molecular weight excluding hydrogens is 240 g/mol. The Morgan fingerprint density at radius 1 is 1.39 bits per heavy atom. The molecule has 0 amide bonds. The van der Waals surface area contributed by atoms with Gasteiger partial charge in [-0.15, -0.1) is 11.3 Å². The van der Waals surface area contributed by atoms with E-state index in [9.17, 15) is 0 Å². The average molecular weight is 264 g/mol. The van der Waals surface area contributed by atoms with Crippen molar-refractivity contribution < 1.29 is 0 Å². The number of nitrogens with zero attached hydrogens (tertiary/aromatic N) is 1. The molecule has 2 heterocycles. The van der Waals surface area contributed by atoms with Crippen molar-refractivity contribution in [3.8, 4) is 0 Å². The minimum Gasteiger partial charge on any atom is -0.307 e. The fourth-order valence-corrected chi connectivity index (χ4v) is 3.90. The van der Waals surface area contributed by atoms with E-state index in [1.807, 2.05) is 11.3 Å². The number of likely N-dealkylation sites (tertiary alicyclic amines) is 1. The van der Waals surface area contributed by atoms with Gasteiger partial charge in [0.05, 0.1) is 0 Å². The second-order valence-corrected chi connectivity index (χ2v) is 6.81. The molecule has 0 radical (unpaired) electrons. The Labute approximate surface area is 114 Å². The molecular formula is C15H24N2S. The molecule has 2 unspecified atom stereocenters. The van der Waals surface area contributed by atoms with Crippen LogP contribution in [0, 0.1) is 5.92 Å². The highest BCUT2D eigenvalue weighted by molar-refractivity contribution is 7.10. The molecule has 2 fully saturated rings. The monoisotopic (exact) mass is 264 g/mol. The average Bonchev–Trinajstić information content (AvgIpc) is 2.87. The van der Waals surface area contributed by atoms with Gasteiger partial charge in [0.25, 0.3) is 0 Å². The van der Waals surface area contributed by atoms with Gasteiger partial charge in [-0.3, -0.25) is 4.90 Å². The molecule has 2 aliphatic rings. The first-order valence-electron chi connectivity index (χ1n) is 7.35. The molecule has 0 bridgehead atoms. The predicted molar refractivity (Wildman–Crippen MR) is 78.1 cm³/mol. The number of nitrogens with one attached hydrogen (secondary N) is 1. The molecule has 3 heteroatoms. The highest BCUT2D eigenvalue weighted by Gasteiger charge is 2.33. The molecule has 1 aliphatic carbocycles. The van der Waals surface area contributed by atoms with E-state index in [-0.39, 0.29) is 0 Å². The van der Waals surface area contributed by atoms with Crippen LogP contribution in [-0.2, 0) is 0 Å². The van der Waals surface area contributed by atoms with Gasteiger partial charge in [-0.05, 0) is 63.1 Å². The number of hydrogen-bond donors (Lipinski definition) is 1. The zero-order chi connectivity index (χ0) is 12.4. The van der Waals surface area contributed by atoms with Crippen LogP contribution in [0.25, 0.3) is 0 Å². The summed E-state index contributed by atoms with van der Waals surface area (Å²) in [7, 11) is 0. The van der Waals surface area contributed by atoms with Crippen LogP contribution in [0.3, 0.4) is 0 Å². The van der Waals surface area contributed by atoms with E-state index in [1.165, 1.54) is 43.6 Å². The minimum absolute atomic E-state index is 0.620. The highest BCUT2D eigenvalue weighted by atomic mass is 32.1. The summed E-state index contributed by atoms with van der Waals surface area (Å²) in [6, 6.07) is 5.78. The summed E-state index contributed by atoms with van der Waals surface area (Å²) < 4.78 is 0. The number of rotatable bonds is 6. The summed E-state index contributed by atoms with van der Waals surface area (Å²) in [5, 5.41) is 6.03. The second-order valence-electron chi connectivity index (χ2n) is 5.83. The van der Waals surface area contributed by atoms with Crippen molar-refractivity contribution in [2.24, 2.45) is 5.92 Å². The fourth-order valence-electron chi connectivity index (χ4n) is 3.01. The van der Waals surface area contributed by atoms with E-state index in [2.05, 4.69) is 34.7 Å². The van der Waals surface area contributed by atoms with E-state index < -0.39 is 0 Å². The normalized spacial score (nSPS) is 24.3. The molecule has 0 aromatic carbocycles. The third-order valence-corrected chi connectivity index (χ3v) is 5.30. The lowest BCUT2D eigenvalue weighted by Gasteiger charge is -2.26. The van der Waals surface area contributed by atoms with Crippen molar-refractivity contribution >= 4 is 11.3 Å². The molecule has 2 nitrogen and oxygen atoms in total. The van der Waals surface area contributed by atoms with Crippen molar-refractivity contribution in [2.75, 3.05) is 19.6 Å². The summed E-state index contributed by atoms with van der Waals surface area (Å²) >= 11 is 1.91. The van der Waals surface area contributed by atoms with Gasteiger partial charge >= 0.3 is 0 Å². The van der Waals surface area contributed by atoms with Crippen LogP contribution in [0.5, 0.6) is 0 Å². The van der Waals surface area contributed by atoms with Crippen LogP contribution in [0.1, 0.15) is 43.5 Å². The third-order valence-electron chi connectivity index (χ3n) is 4.34. The maximum absolute atomic E-state index is 3.83. The predicted octanol–water partition coefficient (Wildman–Crippen LogP) is 3.27. The van der Waals surface area contributed by atoms with E-state index in [0.717, 1.165) is 12.5 Å². The maximum atomic E-state index is 3.83. The van der Waals surface area contributed by atoms with Gasteiger partial charge in [0.1, 0.15) is 0 Å². The Morgan fingerprint density at radius 2 is 2.17 bits per heavy atom. The van der Waals surface area contributed by atoms with Crippen molar-refractivity contribution in [1.29, 1.82) is 0 Å². The van der Waals surface area contributed by atoms with E-state index >= 15 is 0 Å². The standard InChI is InChI=1S/C15H24N2S/c1-12(17-8-2-3-9-17)11-16-15(13-6-7-13)14-5-4-10-18-14/h4-5,10,12-13,15-16H,2-3,6-9,11H2,1H3. The zero-order valence-electron chi connectivity index (χ0n) is 11.3. The van der Waals surface area contributed by atoms with Crippen LogP contribution in [0.15, 0.2) is 17.5 Å². The minimum atomic E-state index is 0.620. The molecule has 18 heavy (non-hydrogen) atoms. The first kappa shape index (κ1) is 12.6. The van der Waals surface area contributed by atoms with Gasteiger partial charge in [0.2, 0.25) is 0 Å². The van der Waals surface area contributed by atoms with E-state index in [0.29, 0.717) is 12.1 Å². The number of thiophene rings is 1. The largest absolute Gasteiger partial charge is 0.307 e. The van der Waals surface area contributed by atoms with Crippen LogP contribution in [0.4, 0.5) is 0 Å². The SMILES string of the molecule is CC(CNC(c1cccs1)C1CC1)N1CCCC1. The van der Waals surface area contributed by atoms with Gasteiger partial charge in [-0.1, -0.05) is 6.07 Å². The topological polar surface area (TPSA) is 15.3 Å². The molecule has 2 atom stereocenters. The smallest absolute Gasteiger partial charge is 0.0443 e. The maximum Gasteiger partial charge on any atom is 0.0443 e. The lowest BCUT2D eigenvalue weighted by atomic mass is 10.1. The van der Waals surface area contributed by atoms with Crippen LogP contribution >= 0.6 is 11.3 Å². The molecule has 1 aromatic heterocycles. The van der Waals surface area contributed by atoms with Crippen molar-refractivity contribution in [2.45, 2.75) is 44.7 Å². The van der Waals surface area contributed by atoms with Gasteiger partial charge in [0, 0.05) is 23.5 Å². The van der Waals surface area contributed by atoms with Gasteiger partial charge < -0.3 is 5.32 Å². The molecule has 1 aliphatic heterocycles. The van der Waals surface area contributed by atoms with Crippen molar-refractivity contribution in [1.82, 2.24) is 10.2 Å². The van der Waals surface area contributed by atoms with E-state index in [4.69, 9.17) is 0 Å². The lowest BCUT2D eigenvalue weighted by molar-refractivity contribution is 0.243. The molecule has 100 valence electrons. The van der Waals surface area contributed by atoms with Crippen LogP contribution in [0.2, 0.25) is 0 Å². The molecule has 1 saturated heterocycles. The number of hydrogen-bond acceptors (Lipinski definition) is 3. The van der Waals surface area contributed by atoms with Crippen molar-refractivity contribution in [3.63, 3.8) is 0 Å². The summed E-state index contributed by atoms with van der Waals surface area (Å²) in [6.07, 6.45) is 5.60. The molecule has 1 N–H and O–H groups in total. The summed E-state index contributed by atoms with van der Waals surface area (Å²) in [6.45, 7) is 6.11. The van der Waals surface area contributed by atoms with Crippen molar-refractivity contribution in [3.05, 3.63) is 22.4 Å². The summed E-state index contributed by atoms with van der Waals surface area (Å²) in [4.78, 5) is 4.16. The molecule has 1 aromatic rings. The first-order chi connectivity index (χ1) is 8.84. The summed E-state index contributed by atoms with van der Waals surface area (Å²) in [5.74, 6) is 0.898. The molecule has 3 rings (SSSR count). The van der Waals surface area contributed by atoms with Gasteiger partial charge in [-0.2, -0.15) is 0 Å². The fraction of sp³-hybridized carbons (Fsp3) is 0.733. The van der Waals surface area contributed by atoms with Crippen LogP contribution < -0.4 is 5.32 Å².